The van der Waals surface area contributed by atoms with Crippen LogP contribution in [-0.2, 0) is 18.4 Å². The highest BCUT2D eigenvalue weighted by molar-refractivity contribution is 5.75. The van der Waals surface area contributed by atoms with Crippen molar-refractivity contribution in [2.45, 2.75) is 19.9 Å². The molecule has 1 N–H and O–H groups in total. The molecule has 0 aliphatic rings. The summed E-state index contributed by atoms with van der Waals surface area (Å²) in [7, 11) is 3.74. The summed E-state index contributed by atoms with van der Waals surface area (Å²) in [4.78, 5) is 17.6. The number of hydrogen-bond acceptors (Lipinski definition) is 3. The first-order valence-electron chi connectivity index (χ1n) is 5.56. The minimum Gasteiger partial charge on any atom is -0.338 e. The first kappa shape index (κ1) is 12.7. The third kappa shape index (κ3) is 3.66. The van der Waals surface area contributed by atoms with Gasteiger partial charge in [-0.05, 0) is 6.54 Å². The Morgan fingerprint density at radius 1 is 1.62 bits per heavy atom. The van der Waals surface area contributed by atoms with Crippen molar-refractivity contribution < 1.29 is 4.79 Å². The minimum absolute atomic E-state index is 0.143. The van der Waals surface area contributed by atoms with Gasteiger partial charge in [-0.15, -0.1) is 0 Å². The van der Waals surface area contributed by atoms with E-state index in [1.807, 2.05) is 31.8 Å². The van der Waals surface area contributed by atoms with Gasteiger partial charge in [0.2, 0.25) is 5.91 Å². The highest BCUT2D eigenvalue weighted by atomic mass is 16.2. The third-order valence-corrected chi connectivity index (χ3v) is 2.49. The second-order valence-corrected chi connectivity index (χ2v) is 3.81. The molecular formula is C11H20N4O. The molecule has 0 fully saturated rings. The molecule has 0 spiro atoms. The van der Waals surface area contributed by atoms with Crippen molar-refractivity contribution >= 4 is 5.91 Å². The molecule has 0 bridgehead atoms. The third-order valence-electron chi connectivity index (χ3n) is 2.49. The largest absolute Gasteiger partial charge is 0.338 e. The number of imidazole rings is 1. The van der Waals surface area contributed by atoms with E-state index in [1.165, 1.54) is 0 Å². The molecule has 0 saturated carbocycles. The van der Waals surface area contributed by atoms with E-state index in [0.29, 0.717) is 13.0 Å². The second-order valence-electron chi connectivity index (χ2n) is 3.81. The predicted molar refractivity (Wildman–Crippen MR) is 62.8 cm³/mol. The minimum atomic E-state index is 0.143. The van der Waals surface area contributed by atoms with Crippen LogP contribution < -0.4 is 5.32 Å². The lowest BCUT2D eigenvalue weighted by Crippen LogP contribution is -2.30. The van der Waals surface area contributed by atoms with E-state index >= 15 is 0 Å². The van der Waals surface area contributed by atoms with Crippen LogP contribution in [0.25, 0.3) is 0 Å². The molecule has 5 heteroatoms. The number of nitrogens with zero attached hydrogens (tertiary/aromatic N) is 3. The van der Waals surface area contributed by atoms with Crippen LogP contribution in [0.2, 0.25) is 0 Å². The molecule has 1 aromatic rings. The fraction of sp³-hybridized carbons (Fsp3) is 0.636. The van der Waals surface area contributed by atoms with Crippen LogP contribution in [0.15, 0.2) is 12.4 Å². The Hall–Kier alpha value is -1.36. The van der Waals surface area contributed by atoms with Crippen molar-refractivity contribution in [3.05, 3.63) is 18.2 Å². The van der Waals surface area contributed by atoms with Gasteiger partial charge in [0.05, 0.1) is 6.54 Å². The first-order valence-corrected chi connectivity index (χ1v) is 5.56. The van der Waals surface area contributed by atoms with Crippen LogP contribution in [0.3, 0.4) is 0 Å². The quantitative estimate of drug-likeness (QED) is 0.711. The van der Waals surface area contributed by atoms with Crippen LogP contribution in [0, 0.1) is 0 Å². The number of carbonyl (C=O) groups excluding carboxylic acids is 1. The standard InChI is InChI=1S/C11H20N4O/c1-4-12-6-5-11(16)15(3)9-10-13-7-8-14(10)2/h7-8,12H,4-6,9H2,1-3H3. The maximum Gasteiger partial charge on any atom is 0.223 e. The molecule has 0 atom stereocenters. The average molecular weight is 224 g/mol. The van der Waals surface area contributed by atoms with Gasteiger partial charge in [0.15, 0.2) is 0 Å². The predicted octanol–water partition coefficient (Wildman–Crippen LogP) is 0.378. The Labute approximate surface area is 96.5 Å². The van der Waals surface area contributed by atoms with Crippen molar-refractivity contribution in [3.63, 3.8) is 0 Å². The molecule has 1 aromatic heterocycles. The van der Waals surface area contributed by atoms with E-state index in [9.17, 15) is 4.79 Å². The first-order chi connectivity index (χ1) is 7.65. The van der Waals surface area contributed by atoms with Crippen LogP contribution in [0.4, 0.5) is 0 Å². The smallest absolute Gasteiger partial charge is 0.223 e. The maximum atomic E-state index is 11.7. The zero-order valence-electron chi connectivity index (χ0n) is 10.2. The maximum absolute atomic E-state index is 11.7. The molecule has 0 saturated heterocycles. The summed E-state index contributed by atoms with van der Waals surface area (Å²) in [6, 6.07) is 0. The van der Waals surface area contributed by atoms with E-state index in [0.717, 1.165) is 18.9 Å². The highest BCUT2D eigenvalue weighted by Crippen LogP contribution is 2.00. The summed E-state index contributed by atoms with van der Waals surface area (Å²) in [6.07, 6.45) is 4.16. The number of amides is 1. The lowest BCUT2D eigenvalue weighted by atomic mass is 10.3. The van der Waals surface area contributed by atoms with E-state index < -0.39 is 0 Å². The highest BCUT2D eigenvalue weighted by Gasteiger charge is 2.10. The van der Waals surface area contributed by atoms with Crippen molar-refractivity contribution in [2.24, 2.45) is 7.05 Å². The fourth-order valence-electron chi connectivity index (χ4n) is 1.41. The summed E-state index contributed by atoms with van der Waals surface area (Å²) in [5.74, 6) is 1.04. The SMILES string of the molecule is CCNCCC(=O)N(C)Cc1nccn1C. The van der Waals surface area contributed by atoms with Crippen LogP contribution >= 0.6 is 0 Å². The molecule has 1 amide bonds. The van der Waals surface area contributed by atoms with Crippen molar-refractivity contribution in [1.29, 1.82) is 0 Å². The normalized spacial score (nSPS) is 10.4. The van der Waals surface area contributed by atoms with E-state index in [-0.39, 0.29) is 5.91 Å². The summed E-state index contributed by atoms with van der Waals surface area (Å²) in [5, 5.41) is 3.14. The molecule has 0 aromatic carbocycles. The molecular weight excluding hydrogens is 204 g/mol. The van der Waals surface area contributed by atoms with Crippen LogP contribution in [0.5, 0.6) is 0 Å². The Morgan fingerprint density at radius 3 is 2.94 bits per heavy atom. The van der Waals surface area contributed by atoms with Gasteiger partial charge >= 0.3 is 0 Å². The van der Waals surface area contributed by atoms with Gasteiger partial charge in [-0.3, -0.25) is 4.79 Å². The molecule has 1 rings (SSSR count). The summed E-state index contributed by atoms with van der Waals surface area (Å²) >= 11 is 0. The second kappa shape index (κ2) is 6.27. The topological polar surface area (TPSA) is 50.2 Å². The molecule has 0 aliphatic carbocycles. The van der Waals surface area contributed by atoms with Crippen molar-refractivity contribution in [3.8, 4) is 0 Å². The molecule has 0 radical (unpaired) electrons. The fourth-order valence-corrected chi connectivity index (χ4v) is 1.41. The van der Waals surface area contributed by atoms with Gasteiger partial charge in [-0.25, -0.2) is 4.98 Å². The molecule has 16 heavy (non-hydrogen) atoms. The summed E-state index contributed by atoms with van der Waals surface area (Å²) in [5.41, 5.74) is 0. The number of aromatic nitrogens is 2. The molecule has 0 aliphatic heterocycles. The zero-order chi connectivity index (χ0) is 12.0. The Bertz CT molecular complexity index is 334. The lowest BCUT2D eigenvalue weighted by molar-refractivity contribution is -0.130. The summed E-state index contributed by atoms with van der Waals surface area (Å²) in [6.45, 7) is 4.23. The average Bonchev–Trinajstić information content (AvgIpc) is 2.64. The molecule has 5 nitrogen and oxygen atoms in total. The van der Waals surface area contributed by atoms with Crippen molar-refractivity contribution in [1.82, 2.24) is 19.8 Å². The molecule has 1 heterocycles. The summed E-state index contributed by atoms with van der Waals surface area (Å²) < 4.78 is 1.92. The van der Waals surface area contributed by atoms with Gasteiger partial charge in [0, 0.05) is 39.5 Å². The number of nitrogens with one attached hydrogen (secondary N) is 1. The Morgan fingerprint density at radius 2 is 2.38 bits per heavy atom. The van der Waals surface area contributed by atoms with Gasteiger partial charge < -0.3 is 14.8 Å². The van der Waals surface area contributed by atoms with E-state index in [2.05, 4.69) is 10.3 Å². The molecule has 0 unspecified atom stereocenters. The van der Waals surface area contributed by atoms with Gasteiger partial charge in [-0.1, -0.05) is 6.92 Å². The van der Waals surface area contributed by atoms with Gasteiger partial charge in [0.25, 0.3) is 0 Å². The van der Waals surface area contributed by atoms with Gasteiger partial charge in [0.1, 0.15) is 5.82 Å². The number of hydrogen-bond donors (Lipinski definition) is 1. The van der Waals surface area contributed by atoms with Crippen LogP contribution in [-0.4, -0.2) is 40.5 Å². The number of carbonyl (C=O) groups is 1. The van der Waals surface area contributed by atoms with E-state index in [4.69, 9.17) is 0 Å². The van der Waals surface area contributed by atoms with Crippen molar-refractivity contribution in [2.75, 3.05) is 20.1 Å². The number of aryl methyl sites for hydroxylation is 1. The molecule has 90 valence electrons. The Balaban J connectivity index is 2.37. The van der Waals surface area contributed by atoms with E-state index in [1.54, 1.807) is 11.1 Å². The Kier molecular flexibility index (Phi) is 4.98. The zero-order valence-corrected chi connectivity index (χ0v) is 10.2. The van der Waals surface area contributed by atoms with Gasteiger partial charge in [-0.2, -0.15) is 0 Å². The lowest BCUT2D eigenvalue weighted by Gasteiger charge is -2.16. The monoisotopic (exact) mass is 224 g/mol. The van der Waals surface area contributed by atoms with Crippen LogP contribution in [0.1, 0.15) is 19.2 Å². The number of rotatable bonds is 6.